The van der Waals surface area contributed by atoms with E-state index in [2.05, 4.69) is 15.1 Å². The van der Waals surface area contributed by atoms with Crippen molar-refractivity contribution >= 4 is 11.6 Å². The Morgan fingerprint density at radius 3 is 2.71 bits per heavy atom. The van der Waals surface area contributed by atoms with Crippen molar-refractivity contribution in [2.45, 2.75) is 25.5 Å². The summed E-state index contributed by atoms with van der Waals surface area (Å²) in [5.41, 5.74) is 0.658. The van der Waals surface area contributed by atoms with Crippen molar-refractivity contribution in [2.75, 3.05) is 44.2 Å². The maximum absolute atomic E-state index is 13.9. The molecule has 0 radical (unpaired) electrons. The Morgan fingerprint density at radius 2 is 1.96 bits per heavy atom. The molecule has 1 N–H and O–H groups in total. The zero-order chi connectivity index (χ0) is 19.3. The van der Waals surface area contributed by atoms with Gasteiger partial charge in [-0.05, 0) is 37.1 Å². The van der Waals surface area contributed by atoms with Crippen LogP contribution in [0.4, 0.5) is 10.1 Å². The molecule has 150 valence electrons. The topological polar surface area (TPSA) is 58.0 Å². The van der Waals surface area contributed by atoms with Crippen LogP contribution in [0.5, 0.6) is 0 Å². The van der Waals surface area contributed by atoms with E-state index < -0.39 is 0 Å². The minimum Gasteiger partial charge on any atom is -0.455 e. The lowest BCUT2D eigenvalue weighted by molar-refractivity contribution is 0.0832. The van der Waals surface area contributed by atoms with E-state index in [9.17, 15) is 9.18 Å². The molecule has 0 saturated carbocycles. The standard InChI is InChI=1S/C21H26FN3O3/c22-18-5-1-2-6-19(18)25-11-9-24(10-12-25)15-17-7-8-20(28-17)21(26)23-14-16-4-3-13-27-16/h1-2,5-8,16H,3-4,9-15H2,(H,23,26)/t16-/m0/s1. The Hall–Kier alpha value is -2.38. The largest absolute Gasteiger partial charge is 0.455 e. The summed E-state index contributed by atoms with van der Waals surface area (Å²) in [4.78, 5) is 16.5. The number of nitrogens with one attached hydrogen (secondary N) is 1. The first kappa shape index (κ1) is 19.0. The number of anilines is 1. The minimum absolute atomic E-state index is 0.115. The third-order valence-corrected chi connectivity index (χ3v) is 5.34. The predicted octanol–water partition coefficient (Wildman–Crippen LogP) is 2.65. The van der Waals surface area contributed by atoms with E-state index in [-0.39, 0.29) is 17.8 Å². The summed E-state index contributed by atoms with van der Waals surface area (Å²) in [5.74, 6) is 0.714. The van der Waals surface area contributed by atoms with E-state index in [1.807, 2.05) is 18.2 Å². The number of furan rings is 1. The number of ether oxygens (including phenoxy) is 1. The molecule has 0 aliphatic carbocycles. The molecule has 1 aromatic carbocycles. The van der Waals surface area contributed by atoms with Crippen LogP contribution in [0.2, 0.25) is 0 Å². The molecule has 0 spiro atoms. The van der Waals surface area contributed by atoms with E-state index in [1.54, 1.807) is 12.1 Å². The highest BCUT2D eigenvalue weighted by atomic mass is 19.1. The van der Waals surface area contributed by atoms with Gasteiger partial charge >= 0.3 is 0 Å². The molecule has 6 nitrogen and oxygen atoms in total. The molecule has 1 atom stereocenters. The summed E-state index contributed by atoms with van der Waals surface area (Å²) in [5, 5.41) is 2.87. The van der Waals surface area contributed by atoms with E-state index >= 15 is 0 Å². The first-order chi connectivity index (χ1) is 13.7. The first-order valence-corrected chi connectivity index (χ1v) is 9.89. The maximum Gasteiger partial charge on any atom is 0.287 e. The van der Waals surface area contributed by atoms with Gasteiger partial charge in [0, 0.05) is 39.3 Å². The molecule has 2 aliphatic rings. The van der Waals surface area contributed by atoms with Gasteiger partial charge in [0.15, 0.2) is 5.76 Å². The third kappa shape index (κ3) is 4.54. The highest BCUT2D eigenvalue weighted by Gasteiger charge is 2.21. The van der Waals surface area contributed by atoms with Crippen LogP contribution in [0.1, 0.15) is 29.2 Å². The molecule has 1 amide bonds. The lowest BCUT2D eigenvalue weighted by Crippen LogP contribution is -2.46. The lowest BCUT2D eigenvalue weighted by atomic mass is 10.2. The third-order valence-electron chi connectivity index (χ3n) is 5.34. The van der Waals surface area contributed by atoms with Crippen LogP contribution < -0.4 is 10.2 Å². The average Bonchev–Trinajstić information content (AvgIpc) is 3.39. The Kier molecular flexibility index (Phi) is 5.92. The molecule has 0 unspecified atom stereocenters. The van der Waals surface area contributed by atoms with Crippen molar-refractivity contribution in [3.8, 4) is 0 Å². The fraction of sp³-hybridized carbons (Fsp3) is 0.476. The van der Waals surface area contributed by atoms with Crippen LogP contribution in [0.25, 0.3) is 0 Å². The second-order valence-electron chi connectivity index (χ2n) is 7.33. The Morgan fingerprint density at radius 1 is 1.14 bits per heavy atom. The number of benzene rings is 1. The van der Waals surface area contributed by atoms with E-state index in [0.29, 0.717) is 24.5 Å². The summed E-state index contributed by atoms with van der Waals surface area (Å²) in [6.07, 6.45) is 2.15. The molecule has 1 aromatic heterocycles. The normalized spacial score (nSPS) is 20.5. The van der Waals surface area contributed by atoms with Gasteiger partial charge in [-0.1, -0.05) is 12.1 Å². The molecule has 28 heavy (non-hydrogen) atoms. The van der Waals surface area contributed by atoms with Crippen molar-refractivity contribution in [1.82, 2.24) is 10.2 Å². The summed E-state index contributed by atoms with van der Waals surface area (Å²) in [7, 11) is 0. The molecule has 0 bridgehead atoms. The van der Waals surface area contributed by atoms with Crippen LogP contribution in [0.3, 0.4) is 0 Å². The first-order valence-electron chi connectivity index (χ1n) is 9.89. The zero-order valence-corrected chi connectivity index (χ0v) is 15.9. The summed E-state index contributed by atoms with van der Waals surface area (Å²) < 4.78 is 25.2. The Balaban J connectivity index is 1.25. The number of rotatable bonds is 6. The van der Waals surface area contributed by atoms with Gasteiger partial charge in [-0.3, -0.25) is 9.69 Å². The molecule has 4 rings (SSSR count). The van der Waals surface area contributed by atoms with Crippen LogP contribution in [-0.2, 0) is 11.3 Å². The van der Waals surface area contributed by atoms with Crippen LogP contribution >= 0.6 is 0 Å². The number of amides is 1. The lowest BCUT2D eigenvalue weighted by Gasteiger charge is -2.35. The summed E-state index contributed by atoms with van der Waals surface area (Å²) in [6, 6.07) is 10.5. The number of hydrogen-bond donors (Lipinski definition) is 1. The number of carbonyl (C=O) groups excluding carboxylic acids is 1. The van der Waals surface area contributed by atoms with Crippen molar-refractivity contribution in [3.63, 3.8) is 0 Å². The van der Waals surface area contributed by atoms with E-state index in [1.165, 1.54) is 6.07 Å². The molecule has 2 saturated heterocycles. The zero-order valence-electron chi connectivity index (χ0n) is 15.9. The SMILES string of the molecule is O=C(NC[C@@H]1CCCO1)c1ccc(CN2CCN(c3ccccc3F)CC2)o1. The fourth-order valence-electron chi connectivity index (χ4n) is 3.76. The van der Waals surface area contributed by atoms with Crippen molar-refractivity contribution in [3.05, 3.63) is 53.7 Å². The predicted molar refractivity (Wildman–Crippen MR) is 104 cm³/mol. The van der Waals surface area contributed by atoms with Crippen molar-refractivity contribution < 1.29 is 18.3 Å². The Bertz CT molecular complexity index is 796. The maximum atomic E-state index is 13.9. The molecule has 2 aromatic rings. The van der Waals surface area contributed by atoms with Gasteiger partial charge in [-0.2, -0.15) is 0 Å². The highest BCUT2D eigenvalue weighted by Crippen LogP contribution is 2.21. The highest BCUT2D eigenvalue weighted by molar-refractivity contribution is 5.91. The molecular weight excluding hydrogens is 361 g/mol. The van der Waals surface area contributed by atoms with Gasteiger partial charge < -0.3 is 19.4 Å². The van der Waals surface area contributed by atoms with Gasteiger partial charge in [0.2, 0.25) is 0 Å². The molecule has 7 heteroatoms. The van der Waals surface area contributed by atoms with Gasteiger partial charge in [-0.15, -0.1) is 0 Å². The monoisotopic (exact) mass is 387 g/mol. The minimum atomic E-state index is -0.203. The average molecular weight is 387 g/mol. The molecule has 2 aliphatic heterocycles. The number of halogens is 1. The van der Waals surface area contributed by atoms with Crippen LogP contribution in [-0.4, -0.2) is 56.2 Å². The van der Waals surface area contributed by atoms with Gasteiger partial charge in [-0.25, -0.2) is 4.39 Å². The van der Waals surface area contributed by atoms with Crippen molar-refractivity contribution in [1.29, 1.82) is 0 Å². The molecule has 2 fully saturated rings. The number of carbonyl (C=O) groups is 1. The summed E-state index contributed by atoms with van der Waals surface area (Å²) >= 11 is 0. The van der Waals surface area contributed by atoms with E-state index in [0.717, 1.165) is 51.4 Å². The smallest absolute Gasteiger partial charge is 0.287 e. The fourth-order valence-corrected chi connectivity index (χ4v) is 3.76. The molecular formula is C21H26FN3O3. The van der Waals surface area contributed by atoms with Gasteiger partial charge in [0.05, 0.1) is 18.3 Å². The number of nitrogens with zero attached hydrogens (tertiary/aromatic N) is 2. The molecule has 3 heterocycles. The van der Waals surface area contributed by atoms with Gasteiger partial charge in [0.1, 0.15) is 11.6 Å². The Labute approximate surface area is 164 Å². The quantitative estimate of drug-likeness (QED) is 0.826. The summed E-state index contributed by atoms with van der Waals surface area (Å²) in [6.45, 7) is 5.09. The second-order valence-corrected chi connectivity index (χ2v) is 7.33. The second kappa shape index (κ2) is 8.75. The number of hydrogen-bond acceptors (Lipinski definition) is 5. The van der Waals surface area contributed by atoms with Gasteiger partial charge in [0.25, 0.3) is 5.91 Å². The van der Waals surface area contributed by atoms with E-state index in [4.69, 9.17) is 9.15 Å². The number of para-hydroxylation sites is 1. The van der Waals surface area contributed by atoms with Crippen molar-refractivity contribution in [2.24, 2.45) is 0 Å². The number of piperazine rings is 1. The van der Waals surface area contributed by atoms with Crippen LogP contribution in [0, 0.1) is 5.82 Å². The van der Waals surface area contributed by atoms with Crippen LogP contribution in [0.15, 0.2) is 40.8 Å².